The Balaban J connectivity index is -0.000000101. The van der Waals surface area contributed by atoms with Crippen LogP contribution in [0.4, 0.5) is 0 Å². The van der Waals surface area contributed by atoms with Gasteiger partial charge in [0.15, 0.2) is 0 Å². The van der Waals surface area contributed by atoms with Gasteiger partial charge in [0, 0.05) is 17.1 Å². The fraction of sp³-hybridized carbons (Fsp3) is 0.143. The van der Waals surface area contributed by atoms with E-state index >= 15 is 0 Å². The summed E-state index contributed by atoms with van der Waals surface area (Å²) >= 11 is 0. The molecule has 10 nitrogen and oxygen atoms in total. The normalized spacial score (nSPS) is 9.33. The van der Waals surface area contributed by atoms with Crippen molar-refractivity contribution in [3.63, 3.8) is 0 Å². The van der Waals surface area contributed by atoms with Crippen molar-refractivity contribution in [1.82, 2.24) is 0 Å². The molecule has 0 amide bonds. The first-order chi connectivity index (χ1) is 10.00. The molecule has 0 bridgehead atoms. The van der Waals surface area contributed by atoms with Crippen molar-refractivity contribution in [2.45, 2.75) is 23.6 Å². The maximum atomic E-state index is 10.5. The van der Waals surface area contributed by atoms with Crippen molar-refractivity contribution in [3.05, 3.63) is 84.3 Å². The monoisotopic (exact) mass is 471 g/mol. The molecule has 0 aliphatic heterocycles. The first-order valence-corrected chi connectivity index (χ1v) is 8.96. The quantitative estimate of drug-likeness (QED) is 0.430. The third kappa shape index (κ3) is 13.4. The van der Waals surface area contributed by atoms with E-state index in [-0.39, 0.29) is 51.5 Å². The molecule has 0 aliphatic rings. The summed E-state index contributed by atoms with van der Waals surface area (Å²) < 4.78 is 59.1. The number of benzene rings is 2. The molecule has 0 aromatic heterocycles. The third-order valence-electron chi connectivity index (χ3n) is 2.64. The van der Waals surface area contributed by atoms with Crippen LogP contribution in [0.15, 0.2) is 58.3 Å². The van der Waals surface area contributed by atoms with Crippen molar-refractivity contribution < 1.29 is 43.0 Å². The minimum Gasteiger partial charge on any atom is -0.693 e. The van der Waals surface area contributed by atoms with Gasteiger partial charge in [-0.15, -0.1) is 0 Å². The molecule has 2 aromatic carbocycles. The zero-order valence-corrected chi connectivity index (χ0v) is 17.1. The molecule has 0 atom stereocenters. The Morgan fingerprint density at radius 1 is 0.556 bits per heavy atom. The second-order valence-corrected chi connectivity index (χ2v) is 7.42. The molecule has 163 valence electrons. The van der Waals surface area contributed by atoms with E-state index in [0.29, 0.717) is 0 Å². The molecule has 0 unspecified atom stereocenters. The van der Waals surface area contributed by atoms with Crippen LogP contribution in [0.25, 0.3) is 24.6 Å². The number of hydrogen-bond acceptors (Lipinski definition) is 4. The summed E-state index contributed by atoms with van der Waals surface area (Å²) in [5.74, 6) is 0. The van der Waals surface area contributed by atoms with E-state index in [0.717, 1.165) is 11.1 Å². The predicted octanol–water partition coefficient (Wildman–Crippen LogP) is 5.35. The van der Waals surface area contributed by atoms with Crippen LogP contribution in [0.2, 0.25) is 0 Å². The second kappa shape index (κ2) is 14.6. The maximum Gasteiger partial charge on any atom is 0.294 e. The summed E-state index contributed by atoms with van der Waals surface area (Å²) in [5.41, 5.74) is 1.91. The van der Waals surface area contributed by atoms with E-state index in [1.54, 1.807) is 24.3 Å². The van der Waals surface area contributed by atoms with Gasteiger partial charge in [0.1, 0.15) is 0 Å². The molecule has 2 aromatic rings. The zero-order chi connectivity index (χ0) is 17.0. The minimum absolute atomic E-state index is 0. The fourth-order valence-corrected chi connectivity index (χ4v) is 2.38. The average molecular weight is 472 g/mol. The summed E-state index contributed by atoms with van der Waals surface area (Å²) in [5, 5.41) is 0. The van der Waals surface area contributed by atoms with Crippen molar-refractivity contribution in [2.24, 2.45) is 0 Å². The Hall–Kier alpha value is -1.38. The molecular formula is C14H24CuN4O6S2-4. The van der Waals surface area contributed by atoms with Gasteiger partial charge in [0.2, 0.25) is 0 Å². The topological polar surface area (TPSA) is 243 Å². The number of aryl methyl sites for hydroxylation is 2. The van der Waals surface area contributed by atoms with E-state index < -0.39 is 20.2 Å². The molecule has 2 rings (SSSR count). The van der Waals surface area contributed by atoms with E-state index in [4.69, 9.17) is 9.11 Å². The van der Waals surface area contributed by atoms with Gasteiger partial charge >= 0.3 is 0 Å². The van der Waals surface area contributed by atoms with Crippen molar-refractivity contribution >= 4 is 20.2 Å². The van der Waals surface area contributed by atoms with Gasteiger partial charge in [-0.2, -0.15) is 16.8 Å². The molecule has 0 fully saturated rings. The molecule has 1 radical (unpaired) electrons. The minimum atomic E-state index is -4.02. The second-order valence-electron chi connectivity index (χ2n) is 4.58. The Labute approximate surface area is 171 Å². The van der Waals surface area contributed by atoms with Gasteiger partial charge in [-0.1, -0.05) is 35.4 Å². The SMILES string of the molecule is Cc1ccc(S(=O)(=O)O)cc1.Cc1ccc(S(=O)(=O)O)cc1.[Cu].[NH2-].[NH2-].[NH2-].[NH2-]. The average Bonchev–Trinajstić information content (AvgIpc) is 2.38. The summed E-state index contributed by atoms with van der Waals surface area (Å²) in [6.45, 7) is 3.68. The van der Waals surface area contributed by atoms with Crippen LogP contribution in [0.5, 0.6) is 0 Å². The molecule has 0 saturated heterocycles. The van der Waals surface area contributed by atoms with Gasteiger partial charge in [-0.3, -0.25) is 9.11 Å². The molecule has 0 heterocycles. The van der Waals surface area contributed by atoms with Crippen LogP contribution < -0.4 is 0 Å². The molecule has 10 N–H and O–H groups in total. The van der Waals surface area contributed by atoms with Crippen LogP contribution in [0, 0.1) is 13.8 Å². The van der Waals surface area contributed by atoms with E-state index in [1.807, 2.05) is 13.8 Å². The van der Waals surface area contributed by atoms with E-state index in [9.17, 15) is 16.8 Å². The first-order valence-electron chi connectivity index (χ1n) is 6.08. The Morgan fingerprint density at radius 2 is 0.741 bits per heavy atom. The summed E-state index contributed by atoms with van der Waals surface area (Å²) in [6.07, 6.45) is 0. The van der Waals surface area contributed by atoms with Gasteiger partial charge in [-0.25, -0.2) is 0 Å². The first kappa shape index (κ1) is 36.5. The van der Waals surface area contributed by atoms with E-state index in [2.05, 4.69) is 0 Å². The largest absolute Gasteiger partial charge is 0.693 e. The Bertz CT molecular complexity index is 769. The molecule has 13 heteroatoms. The van der Waals surface area contributed by atoms with Crippen molar-refractivity contribution in [1.29, 1.82) is 0 Å². The number of rotatable bonds is 2. The summed E-state index contributed by atoms with van der Waals surface area (Å²) in [6, 6.07) is 12.0. The van der Waals surface area contributed by atoms with Gasteiger partial charge in [0.05, 0.1) is 9.79 Å². The molecule has 27 heavy (non-hydrogen) atoms. The number of nitrogens with two attached hydrogens (primary N) is 4. The summed E-state index contributed by atoms with van der Waals surface area (Å²) in [7, 11) is -8.04. The standard InChI is InChI=1S/2C7H8O3S.Cu.4H2N/c2*1-6-2-4-7(5-3-6)11(8,9)10;;;;;/h2*2-5H,1H3,(H,8,9,10);;4*1H2/q;;;4*-1. The van der Waals surface area contributed by atoms with Gasteiger partial charge in [0.25, 0.3) is 20.2 Å². The Kier molecular flexibility index (Phi) is 19.8. The van der Waals surface area contributed by atoms with Crippen molar-refractivity contribution in [2.75, 3.05) is 0 Å². The predicted molar refractivity (Wildman–Crippen MR) is 103 cm³/mol. The van der Waals surface area contributed by atoms with Crippen LogP contribution in [-0.4, -0.2) is 25.9 Å². The van der Waals surface area contributed by atoms with Crippen LogP contribution in [0.1, 0.15) is 11.1 Å². The maximum absolute atomic E-state index is 10.5. The van der Waals surface area contributed by atoms with Crippen LogP contribution in [-0.2, 0) is 37.3 Å². The summed E-state index contributed by atoms with van der Waals surface area (Å²) in [4.78, 5) is -0.133. The molecule has 0 saturated carbocycles. The Morgan fingerprint density at radius 3 is 0.889 bits per heavy atom. The van der Waals surface area contributed by atoms with E-state index in [1.165, 1.54) is 24.3 Å². The van der Waals surface area contributed by atoms with Gasteiger partial charge < -0.3 is 24.6 Å². The zero-order valence-electron chi connectivity index (χ0n) is 14.6. The smallest absolute Gasteiger partial charge is 0.294 e. The van der Waals surface area contributed by atoms with Crippen LogP contribution >= 0.6 is 0 Å². The van der Waals surface area contributed by atoms with Gasteiger partial charge in [-0.05, 0) is 38.1 Å². The van der Waals surface area contributed by atoms with Crippen molar-refractivity contribution in [3.8, 4) is 0 Å². The molecule has 0 aliphatic carbocycles. The van der Waals surface area contributed by atoms with Crippen LogP contribution in [0.3, 0.4) is 0 Å². The molecule has 0 spiro atoms. The number of hydrogen-bond donors (Lipinski definition) is 2. The fourth-order valence-electron chi connectivity index (χ4n) is 1.42. The molecular weight excluding hydrogens is 448 g/mol. The third-order valence-corrected chi connectivity index (χ3v) is 4.37.